The fraction of sp³-hybridized carbons (Fsp3) is 0.800. The first-order valence-corrected chi connectivity index (χ1v) is 8.24. The highest BCUT2D eigenvalue weighted by molar-refractivity contribution is 7.15. The second-order valence-electron chi connectivity index (χ2n) is 6.13. The Hall–Kier alpha value is -0.610. The molecule has 19 heavy (non-hydrogen) atoms. The van der Waals surface area contributed by atoms with E-state index in [4.69, 9.17) is 4.98 Å². The van der Waals surface area contributed by atoms with Crippen molar-refractivity contribution < 1.29 is 0 Å². The highest BCUT2D eigenvalue weighted by atomic mass is 32.1. The number of thiazole rings is 1. The summed E-state index contributed by atoms with van der Waals surface area (Å²) >= 11 is 1.88. The quantitative estimate of drug-likeness (QED) is 0.893. The number of rotatable bonds is 5. The Morgan fingerprint density at radius 1 is 1.42 bits per heavy atom. The lowest BCUT2D eigenvalue weighted by molar-refractivity contribution is 0.498. The Labute approximate surface area is 121 Å². The fourth-order valence-corrected chi connectivity index (χ4v) is 4.18. The van der Waals surface area contributed by atoms with Gasteiger partial charge in [0.1, 0.15) is 0 Å². The maximum Gasteiger partial charge on any atom is 0.185 e. The molecule has 0 spiro atoms. The van der Waals surface area contributed by atoms with Gasteiger partial charge in [-0.2, -0.15) is 0 Å². The van der Waals surface area contributed by atoms with E-state index >= 15 is 0 Å². The predicted octanol–water partition coefficient (Wildman–Crippen LogP) is 3.61. The molecule has 0 fully saturated rings. The molecule has 3 nitrogen and oxygen atoms in total. The average Bonchev–Trinajstić information content (AvgIpc) is 2.80. The van der Waals surface area contributed by atoms with Crippen LogP contribution in [0.4, 0.5) is 5.13 Å². The minimum absolute atomic E-state index is 0.517. The minimum Gasteiger partial charge on any atom is -0.348 e. The van der Waals surface area contributed by atoms with Gasteiger partial charge in [0, 0.05) is 24.0 Å². The largest absolute Gasteiger partial charge is 0.348 e. The van der Waals surface area contributed by atoms with Crippen LogP contribution in [-0.2, 0) is 6.42 Å². The summed E-state index contributed by atoms with van der Waals surface area (Å²) in [4.78, 5) is 8.70. The highest BCUT2D eigenvalue weighted by Crippen LogP contribution is 2.37. The van der Waals surface area contributed by atoms with Crippen LogP contribution in [0.2, 0.25) is 0 Å². The Morgan fingerprint density at radius 3 is 2.79 bits per heavy atom. The monoisotopic (exact) mass is 281 g/mol. The number of anilines is 1. The van der Waals surface area contributed by atoms with Crippen LogP contribution in [0.15, 0.2) is 0 Å². The molecule has 4 heteroatoms. The zero-order valence-corrected chi connectivity index (χ0v) is 13.7. The zero-order valence-electron chi connectivity index (χ0n) is 12.9. The number of aryl methyl sites for hydroxylation is 1. The van der Waals surface area contributed by atoms with Crippen LogP contribution in [0.5, 0.6) is 0 Å². The van der Waals surface area contributed by atoms with Gasteiger partial charge in [0.2, 0.25) is 0 Å². The Bertz CT molecular complexity index is 414. The van der Waals surface area contributed by atoms with Crippen molar-refractivity contribution in [2.45, 2.75) is 58.5 Å². The van der Waals surface area contributed by atoms with E-state index in [0.717, 1.165) is 12.3 Å². The molecule has 2 atom stereocenters. The maximum absolute atomic E-state index is 4.88. The molecule has 0 radical (unpaired) electrons. The van der Waals surface area contributed by atoms with Crippen LogP contribution >= 0.6 is 11.3 Å². The van der Waals surface area contributed by atoms with Gasteiger partial charge in [-0.1, -0.05) is 25.2 Å². The Balaban J connectivity index is 2.15. The van der Waals surface area contributed by atoms with Crippen LogP contribution in [0, 0.1) is 5.92 Å². The molecule has 0 saturated carbocycles. The minimum atomic E-state index is 0.517. The van der Waals surface area contributed by atoms with Gasteiger partial charge in [-0.25, -0.2) is 4.98 Å². The van der Waals surface area contributed by atoms with Crippen molar-refractivity contribution >= 4 is 16.5 Å². The summed E-state index contributed by atoms with van der Waals surface area (Å²) in [6.07, 6.45) is 4.87. The summed E-state index contributed by atoms with van der Waals surface area (Å²) in [6, 6.07) is 1.07. The molecular weight excluding hydrogens is 254 g/mol. The highest BCUT2D eigenvalue weighted by Gasteiger charge is 2.25. The molecule has 1 aromatic rings. The van der Waals surface area contributed by atoms with Gasteiger partial charge in [-0.05, 0) is 45.6 Å². The number of hydrogen-bond donors (Lipinski definition) is 1. The molecule has 0 aromatic carbocycles. The van der Waals surface area contributed by atoms with Gasteiger partial charge < -0.3 is 10.2 Å². The molecule has 108 valence electrons. The molecule has 0 bridgehead atoms. The normalized spacial score (nSPS) is 20.4. The average molecular weight is 281 g/mol. The van der Waals surface area contributed by atoms with Crippen LogP contribution in [0.1, 0.15) is 56.6 Å². The van der Waals surface area contributed by atoms with Crippen molar-refractivity contribution in [3.8, 4) is 0 Å². The Morgan fingerprint density at radius 2 is 2.16 bits per heavy atom. The third kappa shape index (κ3) is 3.29. The summed E-state index contributed by atoms with van der Waals surface area (Å²) < 4.78 is 0. The number of hydrogen-bond acceptors (Lipinski definition) is 4. The number of nitrogens with zero attached hydrogens (tertiary/aromatic N) is 2. The molecule has 2 unspecified atom stereocenters. The molecule has 2 rings (SSSR count). The molecule has 1 aromatic heterocycles. The van der Waals surface area contributed by atoms with Crippen molar-refractivity contribution in [1.82, 2.24) is 10.3 Å². The summed E-state index contributed by atoms with van der Waals surface area (Å²) in [5.41, 5.74) is 1.33. The van der Waals surface area contributed by atoms with Crippen LogP contribution < -0.4 is 10.2 Å². The lowest BCUT2D eigenvalue weighted by Crippen LogP contribution is -2.29. The van der Waals surface area contributed by atoms with Crippen molar-refractivity contribution in [1.29, 1.82) is 0 Å². The van der Waals surface area contributed by atoms with Gasteiger partial charge in [0.25, 0.3) is 0 Å². The van der Waals surface area contributed by atoms with E-state index in [1.54, 1.807) is 0 Å². The molecular formula is C15H27N3S. The van der Waals surface area contributed by atoms with Crippen molar-refractivity contribution in [2.75, 3.05) is 19.0 Å². The van der Waals surface area contributed by atoms with Crippen molar-refractivity contribution in [3.63, 3.8) is 0 Å². The summed E-state index contributed by atoms with van der Waals surface area (Å²) in [6.45, 7) is 6.87. The predicted molar refractivity (Wildman–Crippen MR) is 84.2 cm³/mol. The SMILES string of the molecule is CNC1CCCc2nc(N(C)C(C)CC(C)C)sc21. The van der Waals surface area contributed by atoms with Crippen LogP contribution in [0.25, 0.3) is 0 Å². The van der Waals surface area contributed by atoms with Crippen LogP contribution in [0.3, 0.4) is 0 Å². The van der Waals surface area contributed by atoms with Gasteiger partial charge in [-0.3, -0.25) is 0 Å². The lowest BCUT2D eigenvalue weighted by Gasteiger charge is -2.25. The maximum atomic E-state index is 4.88. The molecule has 1 heterocycles. The van der Waals surface area contributed by atoms with Gasteiger partial charge in [-0.15, -0.1) is 0 Å². The molecule has 0 saturated heterocycles. The molecule has 0 amide bonds. The number of aromatic nitrogens is 1. The van der Waals surface area contributed by atoms with E-state index in [1.807, 2.05) is 11.3 Å². The smallest absolute Gasteiger partial charge is 0.185 e. The summed E-state index contributed by atoms with van der Waals surface area (Å²) in [5.74, 6) is 0.733. The summed E-state index contributed by atoms with van der Waals surface area (Å²) in [7, 11) is 4.25. The number of nitrogens with one attached hydrogen (secondary N) is 1. The van der Waals surface area contributed by atoms with Crippen LogP contribution in [-0.4, -0.2) is 25.1 Å². The molecule has 1 aliphatic carbocycles. The topological polar surface area (TPSA) is 28.2 Å². The van der Waals surface area contributed by atoms with Crippen molar-refractivity contribution in [2.24, 2.45) is 5.92 Å². The fourth-order valence-electron chi connectivity index (χ4n) is 2.86. The molecule has 0 aliphatic heterocycles. The van der Waals surface area contributed by atoms with Gasteiger partial charge in [0.15, 0.2) is 5.13 Å². The second-order valence-corrected chi connectivity index (χ2v) is 7.14. The second kappa shape index (κ2) is 6.23. The van der Waals surface area contributed by atoms with E-state index in [9.17, 15) is 0 Å². The van der Waals surface area contributed by atoms with E-state index in [0.29, 0.717) is 12.1 Å². The third-order valence-corrected chi connectivity index (χ3v) is 5.36. The van der Waals surface area contributed by atoms with E-state index < -0.39 is 0 Å². The first-order valence-electron chi connectivity index (χ1n) is 7.42. The van der Waals surface area contributed by atoms with Crippen molar-refractivity contribution in [3.05, 3.63) is 10.6 Å². The zero-order chi connectivity index (χ0) is 14.0. The Kier molecular flexibility index (Phi) is 4.85. The van der Waals surface area contributed by atoms with Gasteiger partial charge >= 0.3 is 0 Å². The first-order chi connectivity index (χ1) is 9.02. The third-order valence-electron chi connectivity index (χ3n) is 4.06. The standard InChI is InChI=1S/C15H27N3S/c1-10(2)9-11(3)18(5)15-17-13-8-6-7-12(16-4)14(13)19-15/h10-12,16H,6-9H2,1-5H3. The summed E-state index contributed by atoms with van der Waals surface area (Å²) in [5, 5.41) is 4.62. The number of fused-ring (bicyclic) bond motifs is 1. The van der Waals surface area contributed by atoms with E-state index in [-0.39, 0.29) is 0 Å². The molecule has 1 aliphatic rings. The first kappa shape index (κ1) is 14.8. The van der Waals surface area contributed by atoms with Gasteiger partial charge in [0.05, 0.1) is 5.69 Å². The van der Waals surface area contributed by atoms with E-state index in [2.05, 4.69) is 45.1 Å². The lowest BCUT2D eigenvalue weighted by atomic mass is 9.98. The van der Waals surface area contributed by atoms with E-state index in [1.165, 1.54) is 35.0 Å². The molecule has 1 N–H and O–H groups in total.